The van der Waals surface area contributed by atoms with Crippen LogP contribution in [0.25, 0.3) is 0 Å². The van der Waals surface area contributed by atoms with Crippen molar-refractivity contribution < 1.29 is 8.42 Å². The smallest absolute Gasteiger partial charge is 0.208 e. The van der Waals surface area contributed by atoms with Gasteiger partial charge in [-0.05, 0) is 55.4 Å². The predicted molar refractivity (Wildman–Crippen MR) is 73.7 cm³/mol. The molecule has 0 radical (unpaired) electrons. The molecule has 1 aromatic carbocycles. The summed E-state index contributed by atoms with van der Waals surface area (Å²) in [6, 6.07) is 6.95. The van der Waals surface area contributed by atoms with E-state index in [1.807, 2.05) is 0 Å². The first-order valence-electron chi connectivity index (χ1n) is 6.32. The molecule has 0 aliphatic heterocycles. The summed E-state index contributed by atoms with van der Waals surface area (Å²) < 4.78 is 28.3. The van der Waals surface area contributed by atoms with Crippen LogP contribution in [0.4, 0.5) is 0 Å². The molecule has 0 spiro atoms. The van der Waals surface area contributed by atoms with Crippen LogP contribution in [0.3, 0.4) is 0 Å². The highest BCUT2D eigenvalue weighted by Gasteiger charge is 2.41. The Morgan fingerprint density at radius 3 is 2.39 bits per heavy atom. The van der Waals surface area contributed by atoms with Crippen LogP contribution in [-0.4, -0.2) is 14.5 Å². The van der Waals surface area contributed by atoms with Crippen molar-refractivity contribution in [3.8, 4) is 0 Å². The lowest BCUT2D eigenvalue weighted by molar-refractivity contribution is 0.390. The summed E-state index contributed by atoms with van der Waals surface area (Å²) in [7, 11) is -3.35. The number of rotatable bonds is 3. The third-order valence-corrected chi connectivity index (χ3v) is 6.20. The SMILES string of the molecule is O=S(=O)(N[C@H]1C[C@@H]2CC[C@@H]1C2)c1ccc(Br)cc1. The van der Waals surface area contributed by atoms with E-state index in [1.54, 1.807) is 24.3 Å². The zero-order chi connectivity index (χ0) is 12.8. The topological polar surface area (TPSA) is 46.2 Å². The van der Waals surface area contributed by atoms with Crippen LogP contribution in [0.2, 0.25) is 0 Å². The molecule has 1 aromatic rings. The molecule has 5 heteroatoms. The lowest BCUT2D eigenvalue weighted by Gasteiger charge is -2.22. The van der Waals surface area contributed by atoms with Crippen molar-refractivity contribution in [1.82, 2.24) is 4.72 Å². The van der Waals surface area contributed by atoms with E-state index in [4.69, 9.17) is 0 Å². The molecule has 2 aliphatic rings. The van der Waals surface area contributed by atoms with Crippen molar-refractivity contribution in [1.29, 1.82) is 0 Å². The molecule has 0 aromatic heterocycles. The summed E-state index contributed by atoms with van der Waals surface area (Å²) in [6.07, 6.45) is 4.67. The molecule has 3 nitrogen and oxygen atoms in total. The summed E-state index contributed by atoms with van der Waals surface area (Å²) in [5.74, 6) is 1.30. The van der Waals surface area contributed by atoms with E-state index in [0.717, 1.165) is 16.8 Å². The first-order chi connectivity index (χ1) is 8.54. The summed E-state index contributed by atoms with van der Waals surface area (Å²) in [6.45, 7) is 0. The van der Waals surface area contributed by atoms with Crippen LogP contribution in [0.5, 0.6) is 0 Å². The van der Waals surface area contributed by atoms with E-state index in [-0.39, 0.29) is 6.04 Å². The van der Waals surface area contributed by atoms with Crippen LogP contribution >= 0.6 is 15.9 Å². The summed E-state index contributed by atoms with van der Waals surface area (Å²) in [4.78, 5) is 0.355. The summed E-state index contributed by atoms with van der Waals surface area (Å²) >= 11 is 3.31. The van der Waals surface area contributed by atoms with Gasteiger partial charge in [-0.3, -0.25) is 0 Å². The molecule has 0 heterocycles. The van der Waals surface area contributed by atoms with Crippen molar-refractivity contribution >= 4 is 26.0 Å². The lowest BCUT2D eigenvalue weighted by Crippen LogP contribution is -2.38. The van der Waals surface area contributed by atoms with E-state index >= 15 is 0 Å². The fourth-order valence-corrected chi connectivity index (χ4v) is 4.85. The lowest BCUT2D eigenvalue weighted by atomic mass is 9.96. The Morgan fingerprint density at radius 2 is 1.83 bits per heavy atom. The average Bonchev–Trinajstić information content (AvgIpc) is 2.91. The van der Waals surface area contributed by atoms with Gasteiger partial charge in [0.1, 0.15) is 0 Å². The molecular formula is C13H16BrNO2S. The number of nitrogens with one attached hydrogen (secondary N) is 1. The second kappa shape index (κ2) is 4.62. The zero-order valence-corrected chi connectivity index (χ0v) is 12.4. The Morgan fingerprint density at radius 1 is 1.11 bits per heavy atom. The first-order valence-corrected chi connectivity index (χ1v) is 8.60. The number of sulfonamides is 1. The van der Waals surface area contributed by atoms with Crippen LogP contribution in [-0.2, 0) is 10.0 Å². The standard InChI is InChI=1S/C13H16BrNO2S/c14-11-3-5-12(6-4-11)18(16,17)15-13-8-9-1-2-10(13)7-9/h3-6,9-10,13,15H,1-2,7-8H2/t9-,10-,13+/m1/s1. The molecule has 18 heavy (non-hydrogen) atoms. The second-order valence-corrected chi connectivity index (χ2v) is 7.99. The van der Waals surface area contributed by atoms with Gasteiger partial charge in [0.25, 0.3) is 0 Å². The fraction of sp³-hybridized carbons (Fsp3) is 0.538. The molecular weight excluding hydrogens is 314 g/mol. The van der Waals surface area contributed by atoms with Gasteiger partial charge in [0.2, 0.25) is 10.0 Å². The van der Waals surface area contributed by atoms with Gasteiger partial charge >= 0.3 is 0 Å². The normalized spacial score (nSPS) is 30.8. The number of hydrogen-bond acceptors (Lipinski definition) is 2. The van der Waals surface area contributed by atoms with E-state index in [0.29, 0.717) is 10.8 Å². The summed E-state index contributed by atoms with van der Waals surface area (Å²) in [5.41, 5.74) is 0. The largest absolute Gasteiger partial charge is 0.240 e. The number of benzene rings is 1. The minimum atomic E-state index is -3.35. The van der Waals surface area contributed by atoms with Crippen LogP contribution in [0, 0.1) is 11.8 Å². The van der Waals surface area contributed by atoms with Crippen LogP contribution in [0.15, 0.2) is 33.6 Å². The van der Waals surface area contributed by atoms with Crippen LogP contribution in [0.1, 0.15) is 25.7 Å². The molecule has 2 aliphatic carbocycles. The molecule has 2 fully saturated rings. The molecule has 0 unspecified atom stereocenters. The predicted octanol–water partition coefficient (Wildman–Crippen LogP) is 2.92. The zero-order valence-electron chi connectivity index (χ0n) is 9.97. The maximum atomic E-state index is 12.2. The highest BCUT2D eigenvalue weighted by Crippen LogP contribution is 2.44. The van der Waals surface area contributed by atoms with Gasteiger partial charge in [0.15, 0.2) is 0 Å². The molecule has 1 N–H and O–H groups in total. The molecule has 0 amide bonds. The number of hydrogen-bond donors (Lipinski definition) is 1. The second-order valence-electron chi connectivity index (χ2n) is 5.36. The number of fused-ring (bicyclic) bond motifs is 2. The Labute approximate surface area is 116 Å². The fourth-order valence-electron chi connectivity index (χ4n) is 3.27. The Balaban J connectivity index is 1.77. The quantitative estimate of drug-likeness (QED) is 0.926. The van der Waals surface area contributed by atoms with Crippen molar-refractivity contribution in [3.63, 3.8) is 0 Å². The van der Waals surface area contributed by atoms with Crippen molar-refractivity contribution in [2.45, 2.75) is 36.6 Å². The Kier molecular flexibility index (Phi) is 3.24. The third kappa shape index (κ3) is 2.36. The van der Waals surface area contributed by atoms with E-state index in [2.05, 4.69) is 20.7 Å². The Bertz CT molecular complexity index is 541. The van der Waals surface area contributed by atoms with Gasteiger partial charge in [-0.2, -0.15) is 0 Å². The third-order valence-electron chi connectivity index (χ3n) is 4.17. The molecule has 3 rings (SSSR count). The molecule has 98 valence electrons. The van der Waals surface area contributed by atoms with Gasteiger partial charge in [-0.1, -0.05) is 22.4 Å². The van der Waals surface area contributed by atoms with Gasteiger partial charge in [-0.15, -0.1) is 0 Å². The number of halogens is 1. The van der Waals surface area contributed by atoms with Gasteiger partial charge in [0.05, 0.1) is 4.90 Å². The van der Waals surface area contributed by atoms with Gasteiger partial charge < -0.3 is 0 Å². The molecule has 0 saturated heterocycles. The van der Waals surface area contributed by atoms with Crippen LogP contribution < -0.4 is 4.72 Å². The molecule has 3 atom stereocenters. The highest BCUT2D eigenvalue weighted by atomic mass is 79.9. The maximum absolute atomic E-state index is 12.2. The minimum absolute atomic E-state index is 0.150. The van der Waals surface area contributed by atoms with Crippen molar-refractivity contribution in [3.05, 3.63) is 28.7 Å². The van der Waals surface area contributed by atoms with Crippen molar-refractivity contribution in [2.75, 3.05) is 0 Å². The van der Waals surface area contributed by atoms with Crippen molar-refractivity contribution in [2.24, 2.45) is 11.8 Å². The van der Waals surface area contributed by atoms with Gasteiger partial charge in [0, 0.05) is 10.5 Å². The monoisotopic (exact) mass is 329 g/mol. The van der Waals surface area contributed by atoms with E-state index in [9.17, 15) is 8.42 Å². The maximum Gasteiger partial charge on any atom is 0.240 e. The molecule has 2 bridgehead atoms. The first kappa shape index (κ1) is 12.6. The summed E-state index contributed by atoms with van der Waals surface area (Å²) in [5, 5.41) is 0. The Hall–Kier alpha value is -0.390. The average molecular weight is 330 g/mol. The minimum Gasteiger partial charge on any atom is -0.208 e. The highest BCUT2D eigenvalue weighted by molar-refractivity contribution is 9.10. The molecule has 2 saturated carbocycles. The van der Waals surface area contributed by atoms with E-state index < -0.39 is 10.0 Å². The van der Waals surface area contributed by atoms with E-state index in [1.165, 1.54) is 19.3 Å². The van der Waals surface area contributed by atoms with Gasteiger partial charge in [-0.25, -0.2) is 13.1 Å².